The third-order valence-electron chi connectivity index (χ3n) is 1.42. The van der Waals surface area contributed by atoms with E-state index in [1.807, 2.05) is 0 Å². The predicted molar refractivity (Wildman–Crippen MR) is 57.9 cm³/mol. The zero-order valence-electron chi connectivity index (χ0n) is 9.66. The molecule has 0 fully saturated rings. The third kappa shape index (κ3) is 19.1. The number of carboxylic acid groups (broad SMARTS) is 1. The summed E-state index contributed by atoms with van der Waals surface area (Å²) in [5.74, 6) is -1.10. The van der Waals surface area contributed by atoms with Crippen LogP contribution in [-0.2, 0) is 9.59 Å². The molecule has 0 aliphatic carbocycles. The van der Waals surface area contributed by atoms with Gasteiger partial charge in [0.1, 0.15) is 0 Å². The Hall–Kier alpha value is -1.42. The molecule has 0 amide bonds. The number of carbonyl (C=O) groups is 2. The smallest absolute Gasteiger partial charge is 0.160 e. The molecule has 0 spiro atoms. The van der Waals surface area contributed by atoms with Gasteiger partial charge in [-0.15, -0.1) is 0 Å². The Labute approximate surface area is 91.1 Å². The van der Waals surface area contributed by atoms with Crippen LogP contribution in [0.1, 0.15) is 6.42 Å². The first-order valence-electron chi connectivity index (χ1n) is 4.52. The highest BCUT2D eigenvalue weighted by molar-refractivity contribution is 5.89. The van der Waals surface area contributed by atoms with Gasteiger partial charge in [0.25, 0.3) is 0 Å². The second-order valence-electron chi connectivity index (χ2n) is 3.96. The summed E-state index contributed by atoms with van der Waals surface area (Å²) < 4.78 is 0.833. The number of allylic oxidation sites excluding steroid dienone is 1. The fourth-order valence-electron chi connectivity index (χ4n) is 0.548. The van der Waals surface area contributed by atoms with E-state index in [-0.39, 0.29) is 5.78 Å². The maximum Gasteiger partial charge on any atom is 0.160 e. The van der Waals surface area contributed by atoms with Crippen molar-refractivity contribution in [2.75, 3.05) is 27.7 Å². The van der Waals surface area contributed by atoms with Gasteiger partial charge in [0.15, 0.2) is 5.78 Å². The fourth-order valence-corrected chi connectivity index (χ4v) is 0.548. The molecule has 0 bridgehead atoms. The number of nitrogens with zero attached hydrogens (tertiary/aromatic N) is 1. The molecule has 0 radical (unpaired) electrons. The maximum absolute atomic E-state index is 10.7. The van der Waals surface area contributed by atoms with Crippen LogP contribution in [0.15, 0.2) is 25.3 Å². The Morgan fingerprint density at radius 3 is 1.80 bits per heavy atom. The summed E-state index contributed by atoms with van der Waals surface area (Å²) in [6.45, 7) is 7.18. The molecule has 0 saturated carbocycles. The lowest BCUT2D eigenvalue weighted by atomic mass is 10.2. The number of ketones is 1. The molecule has 4 nitrogen and oxygen atoms in total. The zero-order valence-corrected chi connectivity index (χ0v) is 9.66. The molecule has 0 aromatic heterocycles. The fraction of sp³-hybridized carbons (Fsp3) is 0.455. The van der Waals surface area contributed by atoms with Crippen LogP contribution in [0.3, 0.4) is 0 Å². The molecular formula is C11H19NO3. The quantitative estimate of drug-likeness (QED) is 0.468. The summed E-state index contributed by atoms with van der Waals surface area (Å²) in [4.78, 5) is 19.9. The topological polar surface area (TPSA) is 57.2 Å². The van der Waals surface area contributed by atoms with Gasteiger partial charge in [0, 0.05) is 0 Å². The van der Waals surface area contributed by atoms with Crippen molar-refractivity contribution in [2.45, 2.75) is 6.42 Å². The van der Waals surface area contributed by atoms with E-state index < -0.39 is 5.97 Å². The third-order valence-corrected chi connectivity index (χ3v) is 1.42. The number of hydrogen-bond acceptors (Lipinski definition) is 3. The summed E-state index contributed by atoms with van der Waals surface area (Å²) in [6, 6.07) is 0. The van der Waals surface area contributed by atoms with Gasteiger partial charge < -0.3 is 14.4 Å². The van der Waals surface area contributed by atoms with E-state index in [0.29, 0.717) is 6.42 Å². The number of quaternary nitrogens is 1. The summed E-state index contributed by atoms with van der Waals surface area (Å²) in [7, 11) is 6.20. The minimum atomic E-state index is -1.23. The predicted octanol–water partition coefficient (Wildman–Crippen LogP) is -0.240. The van der Waals surface area contributed by atoms with E-state index in [0.717, 1.165) is 17.1 Å². The van der Waals surface area contributed by atoms with Crippen LogP contribution >= 0.6 is 0 Å². The molecule has 0 aromatic rings. The van der Waals surface area contributed by atoms with Crippen molar-refractivity contribution in [2.24, 2.45) is 0 Å². The highest BCUT2D eigenvalue weighted by Gasteiger charge is 2.07. The van der Waals surface area contributed by atoms with E-state index in [2.05, 4.69) is 34.3 Å². The van der Waals surface area contributed by atoms with Gasteiger partial charge in [0.2, 0.25) is 0 Å². The van der Waals surface area contributed by atoms with Gasteiger partial charge in [-0.25, -0.2) is 0 Å². The van der Waals surface area contributed by atoms with Crippen LogP contribution in [0.4, 0.5) is 0 Å². The molecule has 0 rings (SSSR count). The zero-order chi connectivity index (χ0) is 12.5. The van der Waals surface area contributed by atoms with Gasteiger partial charge in [-0.05, 0) is 12.2 Å². The molecular weight excluding hydrogens is 194 g/mol. The van der Waals surface area contributed by atoms with E-state index in [9.17, 15) is 4.79 Å². The van der Waals surface area contributed by atoms with E-state index in [1.165, 1.54) is 6.08 Å². The molecule has 4 heteroatoms. The van der Waals surface area contributed by atoms with Crippen LogP contribution in [0.2, 0.25) is 0 Å². The molecule has 86 valence electrons. The Morgan fingerprint density at radius 2 is 1.60 bits per heavy atom. The Balaban J connectivity index is 0. The monoisotopic (exact) mass is 213 g/mol. The van der Waals surface area contributed by atoms with Crippen molar-refractivity contribution in [3.63, 3.8) is 0 Å². The van der Waals surface area contributed by atoms with Crippen molar-refractivity contribution in [1.29, 1.82) is 0 Å². The normalized spacial score (nSPS) is 9.53. The summed E-state index contributed by atoms with van der Waals surface area (Å²) >= 11 is 0. The molecule has 0 aromatic carbocycles. The van der Waals surface area contributed by atoms with Gasteiger partial charge in [-0.1, -0.05) is 13.2 Å². The first-order chi connectivity index (χ1) is 6.72. The lowest BCUT2D eigenvalue weighted by Crippen LogP contribution is -2.36. The average molecular weight is 213 g/mol. The van der Waals surface area contributed by atoms with Gasteiger partial charge >= 0.3 is 0 Å². The lowest BCUT2D eigenvalue weighted by molar-refractivity contribution is -0.869. The van der Waals surface area contributed by atoms with Crippen molar-refractivity contribution in [3.05, 3.63) is 25.3 Å². The van der Waals surface area contributed by atoms with Crippen molar-refractivity contribution in [1.82, 2.24) is 0 Å². The van der Waals surface area contributed by atoms with Crippen molar-refractivity contribution >= 4 is 11.8 Å². The van der Waals surface area contributed by atoms with Crippen LogP contribution in [0.5, 0.6) is 0 Å². The van der Waals surface area contributed by atoms with Crippen LogP contribution in [0, 0.1) is 0 Å². The molecule has 0 saturated heterocycles. The standard InChI is InChI=1S/C8H16NO.C3H4O2/c1-5-8(10)6-7-9(2,3)4;1-2-3(4)5/h5H,1,6-7H2,2-4H3;2H,1H2,(H,4,5)/q+1;/p-1. The second-order valence-corrected chi connectivity index (χ2v) is 3.96. The van der Waals surface area contributed by atoms with E-state index in [4.69, 9.17) is 9.90 Å². The summed E-state index contributed by atoms with van der Waals surface area (Å²) in [6.07, 6.45) is 2.71. The number of carboxylic acids is 1. The Kier molecular flexibility index (Phi) is 8.48. The minimum Gasteiger partial charge on any atom is -0.545 e. The lowest BCUT2D eigenvalue weighted by Gasteiger charge is -2.22. The molecule has 0 unspecified atom stereocenters. The van der Waals surface area contributed by atoms with Crippen LogP contribution < -0.4 is 5.11 Å². The highest BCUT2D eigenvalue weighted by atomic mass is 16.4. The number of hydrogen-bond donors (Lipinski definition) is 0. The second kappa shape index (κ2) is 7.94. The van der Waals surface area contributed by atoms with Gasteiger partial charge in [-0.3, -0.25) is 4.79 Å². The van der Waals surface area contributed by atoms with Gasteiger partial charge in [0.05, 0.1) is 40.1 Å². The van der Waals surface area contributed by atoms with Crippen LogP contribution in [-0.4, -0.2) is 43.9 Å². The molecule has 0 atom stereocenters. The van der Waals surface area contributed by atoms with Crippen LogP contribution in [0.25, 0.3) is 0 Å². The van der Waals surface area contributed by atoms with Gasteiger partial charge in [-0.2, -0.15) is 0 Å². The highest BCUT2D eigenvalue weighted by Crippen LogP contribution is 1.94. The number of rotatable bonds is 5. The molecule has 15 heavy (non-hydrogen) atoms. The first kappa shape index (κ1) is 16.0. The Morgan fingerprint density at radius 1 is 1.20 bits per heavy atom. The largest absolute Gasteiger partial charge is 0.545 e. The molecule has 0 aliphatic rings. The minimum absolute atomic E-state index is 0.132. The Bertz CT molecular complexity index is 239. The maximum atomic E-state index is 10.7. The SMILES string of the molecule is C=CC(=O)CC[N+](C)(C)C.C=CC(=O)[O-]. The van der Waals surface area contributed by atoms with Crippen molar-refractivity contribution in [3.8, 4) is 0 Å². The number of carbonyl (C=O) groups excluding carboxylic acids is 2. The van der Waals surface area contributed by atoms with E-state index in [1.54, 1.807) is 0 Å². The van der Waals surface area contributed by atoms with Crippen molar-refractivity contribution < 1.29 is 19.2 Å². The summed E-state index contributed by atoms with van der Waals surface area (Å²) in [5.41, 5.74) is 0. The molecule has 0 N–H and O–H groups in total. The first-order valence-corrected chi connectivity index (χ1v) is 4.52. The average Bonchev–Trinajstić information content (AvgIpc) is 2.14. The number of aliphatic carboxylic acids is 1. The molecule has 0 aliphatic heterocycles. The van der Waals surface area contributed by atoms with E-state index >= 15 is 0 Å². The summed E-state index contributed by atoms with van der Waals surface area (Å²) in [5, 5.41) is 9.14. The molecule has 0 heterocycles.